The third-order valence-electron chi connectivity index (χ3n) is 2.36. The van der Waals surface area contributed by atoms with Crippen LogP contribution in [-0.2, 0) is 9.59 Å². The maximum Gasteiger partial charge on any atom is 0.238 e. The van der Waals surface area contributed by atoms with Gasteiger partial charge in [-0.15, -0.1) is 0 Å². The second-order valence-electron chi connectivity index (χ2n) is 3.50. The molecular formula is C9H16N2O2. The van der Waals surface area contributed by atoms with Crippen LogP contribution in [0.5, 0.6) is 0 Å². The Bertz CT molecular complexity index is 228. The maximum atomic E-state index is 11.3. The summed E-state index contributed by atoms with van der Waals surface area (Å²) in [6, 6.07) is 0.148. The molecule has 0 radical (unpaired) electrons. The van der Waals surface area contributed by atoms with Crippen LogP contribution < -0.4 is 0 Å². The highest BCUT2D eigenvalue weighted by molar-refractivity contribution is 5.79. The molecule has 1 aliphatic rings. The summed E-state index contributed by atoms with van der Waals surface area (Å²) in [6.45, 7) is 5.63. The van der Waals surface area contributed by atoms with E-state index in [2.05, 4.69) is 0 Å². The Morgan fingerprint density at radius 1 is 1.23 bits per heavy atom. The van der Waals surface area contributed by atoms with Crippen LogP contribution in [0.4, 0.5) is 0 Å². The molecule has 0 N–H and O–H groups in total. The Hall–Kier alpha value is -1.06. The average molecular weight is 184 g/mol. The minimum absolute atomic E-state index is 0.0533. The SMILES string of the molecule is CC(=O)N1CCCC(C)N1C(C)=O. The molecule has 13 heavy (non-hydrogen) atoms. The van der Waals surface area contributed by atoms with E-state index in [1.165, 1.54) is 18.9 Å². The fourth-order valence-electron chi connectivity index (χ4n) is 1.79. The monoisotopic (exact) mass is 184 g/mol. The molecule has 1 aliphatic heterocycles. The van der Waals surface area contributed by atoms with Gasteiger partial charge in [0.2, 0.25) is 11.8 Å². The molecular weight excluding hydrogens is 168 g/mol. The van der Waals surface area contributed by atoms with Crippen molar-refractivity contribution in [2.24, 2.45) is 0 Å². The molecule has 0 aromatic heterocycles. The van der Waals surface area contributed by atoms with E-state index >= 15 is 0 Å². The van der Waals surface area contributed by atoms with Crippen LogP contribution in [0.3, 0.4) is 0 Å². The highest BCUT2D eigenvalue weighted by Gasteiger charge is 2.29. The van der Waals surface area contributed by atoms with Crippen molar-refractivity contribution in [1.29, 1.82) is 0 Å². The highest BCUT2D eigenvalue weighted by Crippen LogP contribution is 2.17. The fourth-order valence-corrected chi connectivity index (χ4v) is 1.79. The van der Waals surface area contributed by atoms with Gasteiger partial charge in [-0.1, -0.05) is 0 Å². The van der Waals surface area contributed by atoms with E-state index in [0.717, 1.165) is 12.8 Å². The van der Waals surface area contributed by atoms with Gasteiger partial charge >= 0.3 is 0 Å². The molecule has 1 heterocycles. The van der Waals surface area contributed by atoms with Gasteiger partial charge in [-0.2, -0.15) is 0 Å². The maximum absolute atomic E-state index is 11.3. The van der Waals surface area contributed by atoms with Crippen LogP contribution in [0.25, 0.3) is 0 Å². The number of carbonyl (C=O) groups excluding carboxylic acids is 2. The summed E-state index contributed by atoms with van der Waals surface area (Å²) in [5, 5.41) is 3.10. The summed E-state index contributed by atoms with van der Waals surface area (Å²) < 4.78 is 0. The van der Waals surface area contributed by atoms with Crippen molar-refractivity contribution in [2.75, 3.05) is 6.54 Å². The zero-order valence-electron chi connectivity index (χ0n) is 8.41. The van der Waals surface area contributed by atoms with Crippen LogP contribution in [0, 0.1) is 0 Å². The summed E-state index contributed by atoms with van der Waals surface area (Å²) in [5.74, 6) is -0.107. The normalized spacial score (nSPS) is 23.2. The Labute approximate surface area is 78.5 Å². The number of hydrogen-bond acceptors (Lipinski definition) is 2. The van der Waals surface area contributed by atoms with E-state index < -0.39 is 0 Å². The van der Waals surface area contributed by atoms with Crippen molar-refractivity contribution >= 4 is 11.8 Å². The van der Waals surface area contributed by atoms with E-state index in [0.29, 0.717) is 6.54 Å². The minimum Gasteiger partial charge on any atom is -0.273 e. The summed E-state index contributed by atoms with van der Waals surface area (Å²) in [7, 11) is 0. The largest absolute Gasteiger partial charge is 0.273 e. The minimum atomic E-state index is -0.0539. The van der Waals surface area contributed by atoms with Crippen molar-refractivity contribution in [2.45, 2.75) is 39.7 Å². The fraction of sp³-hybridized carbons (Fsp3) is 0.778. The summed E-state index contributed by atoms with van der Waals surface area (Å²) >= 11 is 0. The first-order valence-electron chi connectivity index (χ1n) is 4.62. The third-order valence-corrected chi connectivity index (χ3v) is 2.36. The van der Waals surface area contributed by atoms with Crippen molar-refractivity contribution in [3.8, 4) is 0 Å². The number of amides is 2. The van der Waals surface area contributed by atoms with Gasteiger partial charge in [0.25, 0.3) is 0 Å². The number of nitrogens with zero attached hydrogens (tertiary/aromatic N) is 2. The lowest BCUT2D eigenvalue weighted by molar-refractivity contribution is -0.170. The van der Waals surface area contributed by atoms with Crippen LogP contribution in [0.2, 0.25) is 0 Å². The highest BCUT2D eigenvalue weighted by atomic mass is 16.2. The topological polar surface area (TPSA) is 40.6 Å². The van der Waals surface area contributed by atoms with E-state index in [4.69, 9.17) is 0 Å². The molecule has 1 rings (SSSR count). The van der Waals surface area contributed by atoms with Gasteiger partial charge in [-0.05, 0) is 19.8 Å². The number of hydrogen-bond donors (Lipinski definition) is 0. The first kappa shape index (κ1) is 10.0. The standard InChI is InChI=1S/C9H16N2O2/c1-7-5-4-6-10(8(2)12)11(7)9(3)13/h7H,4-6H2,1-3H3. The smallest absolute Gasteiger partial charge is 0.238 e. The molecule has 0 aliphatic carbocycles. The predicted octanol–water partition coefficient (Wildman–Crippen LogP) is 0.781. The van der Waals surface area contributed by atoms with Crippen molar-refractivity contribution in [3.05, 3.63) is 0 Å². The molecule has 0 saturated carbocycles. The first-order chi connectivity index (χ1) is 6.04. The number of rotatable bonds is 0. The van der Waals surface area contributed by atoms with Gasteiger partial charge in [0.1, 0.15) is 0 Å². The van der Waals surface area contributed by atoms with Crippen molar-refractivity contribution in [1.82, 2.24) is 10.0 Å². The summed E-state index contributed by atoms with van der Waals surface area (Å²) in [5.41, 5.74) is 0. The zero-order valence-corrected chi connectivity index (χ0v) is 8.41. The Kier molecular flexibility index (Phi) is 2.90. The van der Waals surface area contributed by atoms with Crippen LogP contribution in [-0.4, -0.2) is 34.4 Å². The lowest BCUT2D eigenvalue weighted by Gasteiger charge is -2.41. The molecule has 1 fully saturated rings. The van der Waals surface area contributed by atoms with Crippen molar-refractivity contribution < 1.29 is 9.59 Å². The van der Waals surface area contributed by atoms with Gasteiger partial charge < -0.3 is 0 Å². The molecule has 4 nitrogen and oxygen atoms in total. The molecule has 4 heteroatoms. The molecule has 74 valence electrons. The second kappa shape index (κ2) is 3.77. The predicted molar refractivity (Wildman–Crippen MR) is 48.6 cm³/mol. The summed E-state index contributed by atoms with van der Waals surface area (Å²) in [6.07, 6.45) is 1.95. The van der Waals surface area contributed by atoms with Crippen molar-refractivity contribution in [3.63, 3.8) is 0 Å². The average Bonchev–Trinajstić information content (AvgIpc) is 2.02. The lowest BCUT2D eigenvalue weighted by Crippen LogP contribution is -2.55. The number of carbonyl (C=O) groups is 2. The van der Waals surface area contributed by atoms with Gasteiger partial charge in [0, 0.05) is 20.4 Å². The molecule has 1 atom stereocenters. The third kappa shape index (κ3) is 1.99. The molecule has 0 bridgehead atoms. The van der Waals surface area contributed by atoms with E-state index in [1.807, 2.05) is 6.92 Å². The molecule has 0 aromatic rings. The Balaban J connectivity index is 2.80. The van der Waals surface area contributed by atoms with Gasteiger partial charge in [-0.3, -0.25) is 14.6 Å². The van der Waals surface area contributed by atoms with Gasteiger partial charge in [0.05, 0.1) is 6.04 Å². The summed E-state index contributed by atoms with van der Waals surface area (Å²) in [4.78, 5) is 22.4. The quantitative estimate of drug-likeness (QED) is 0.558. The van der Waals surface area contributed by atoms with Crippen LogP contribution in [0.1, 0.15) is 33.6 Å². The van der Waals surface area contributed by atoms with E-state index in [-0.39, 0.29) is 17.9 Å². The van der Waals surface area contributed by atoms with Crippen LogP contribution in [0.15, 0.2) is 0 Å². The molecule has 0 spiro atoms. The molecule has 0 aromatic carbocycles. The van der Waals surface area contributed by atoms with E-state index in [1.54, 1.807) is 5.01 Å². The Morgan fingerprint density at radius 2 is 1.85 bits per heavy atom. The lowest BCUT2D eigenvalue weighted by atomic mass is 10.1. The van der Waals surface area contributed by atoms with Gasteiger partial charge in [0.15, 0.2) is 0 Å². The Morgan fingerprint density at radius 3 is 2.23 bits per heavy atom. The van der Waals surface area contributed by atoms with Gasteiger partial charge in [-0.25, -0.2) is 5.01 Å². The number of hydrazine groups is 1. The van der Waals surface area contributed by atoms with Crippen LogP contribution >= 0.6 is 0 Å². The molecule has 2 amide bonds. The molecule has 1 saturated heterocycles. The second-order valence-corrected chi connectivity index (χ2v) is 3.50. The van der Waals surface area contributed by atoms with E-state index in [9.17, 15) is 9.59 Å². The molecule has 1 unspecified atom stereocenters. The first-order valence-corrected chi connectivity index (χ1v) is 4.62. The zero-order chi connectivity index (χ0) is 10.0.